The number of sulfone groups is 1. The molecule has 1 fully saturated rings. The first-order valence-electron chi connectivity index (χ1n) is 5.51. The van der Waals surface area contributed by atoms with Crippen LogP contribution in [0.5, 0.6) is 0 Å². The van der Waals surface area contributed by atoms with Crippen LogP contribution in [0.3, 0.4) is 0 Å². The molecular weight excluding hydrogens is 260 g/mol. The van der Waals surface area contributed by atoms with E-state index in [2.05, 4.69) is 5.16 Å². The number of aliphatic carboxylic acids is 1. The van der Waals surface area contributed by atoms with Gasteiger partial charge in [0.2, 0.25) is 0 Å². The quantitative estimate of drug-likeness (QED) is 0.807. The third-order valence-corrected chi connectivity index (χ3v) is 4.63. The predicted octanol–water partition coefficient (Wildman–Crippen LogP) is -0.252. The minimum absolute atomic E-state index is 0.0639. The number of rotatable bonds is 4. The lowest BCUT2D eigenvalue weighted by atomic mass is 10.2. The van der Waals surface area contributed by atoms with Gasteiger partial charge in [0.1, 0.15) is 6.26 Å². The van der Waals surface area contributed by atoms with E-state index in [1.165, 1.54) is 6.26 Å². The van der Waals surface area contributed by atoms with E-state index in [9.17, 15) is 13.2 Å². The minimum Gasteiger partial charge on any atom is -0.481 e. The summed E-state index contributed by atoms with van der Waals surface area (Å²) in [6.07, 6.45) is 2.84. The van der Waals surface area contributed by atoms with Gasteiger partial charge in [-0.15, -0.1) is 0 Å². The monoisotopic (exact) mass is 274 g/mol. The van der Waals surface area contributed by atoms with Gasteiger partial charge in [-0.3, -0.25) is 9.69 Å². The maximum Gasteiger partial charge on any atom is 0.304 e. The molecule has 1 atom stereocenters. The fourth-order valence-electron chi connectivity index (χ4n) is 2.06. The van der Waals surface area contributed by atoms with Crippen molar-refractivity contribution >= 4 is 15.8 Å². The zero-order chi connectivity index (χ0) is 13.2. The van der Waals surface area contributed by atoms with Crippen molar-refractivity contribution in [1.29, 1.82) is 0 Å². The Kier molecular flexibility index (Phi) is 3.67. The van der Waals surface area contributed by atoms with Crippen molar-refractivity contribution in [2.24, 2.45) is 0 Å². The molecule has 0 radical (unpaired) electrons. The second-order valence-electron chi connectivity index (χ2n) is 4.37. The van der Waals surface area contributed by atoms with Crippen LogP contribution in [0.4, 0.5) is 0 Å². The summed E-state index contributed by atoms with van der Waals surface area (Å²) in [5.41, 5.74) is 0.810. The molecule has 1 aromatic rings. The van der Waals surface area contributed by atoms with Gasteiger partial charge in [-0.25, -0.2) is 8.42 Å². The lowest BCUT2D eigenvalue weighted by Crippen LogP contribution is -2.48. The minimum atomic E-state index is -3.13. The SMILES string of the molecule is O=C(O)CC1CS(=O)(=O)CCN1Cc1cnoc1. The average Bonchev–Trinajstić information content (AvgIpc) is 2.73. The van der Waals surface area contributed by atoms with Gasteiger partial charge < -0.3 is 9.63 Å². The Balaban J connectivity index is 2.09. The van der Waals surface area contributed by atoms with E-state index in [0.717, 1.165) is 5.56 Å². The van der Waals surface area contributed by atoms with Crippen molar-refractivity contribution in [3.8, 4) is 0 Å². The van der Waals surface area contributed by atoms with Gasteiger partial charge >= 0.3 is 5.97 Å². The van der Waals surface area contributed by atoms with Crippen LogP contribution < -0.4 is 0 Å². The summed E-state index contributed by atoms with van der Waals surface area (Å²) in [5.74, 6) is -1.04. The third kappa shape index (κ3) is 3.30. The van der Waals surface area contributed by atoms with E-state index in [4.69, 9.17) is 9.63 Å². The summed E-state index contributed by atoms with van der Waals surface area (Å²) in [4.78, 5) is 12.6. The van der Waals surface area contributed by atoms with E-state index in [0.29, 0.717) is 13.1 Å². The number of nitrogens with zero attached hydrogens (tertiary/aromatic N) is 2. The average molecular weight is 274 g/mol. The molecule has 18 heavy (non-hydrogen) atoms. The summed E-state index contributed by atoms with van der Waals surface area (Å²) in [5, 5.41) is 12.4. The van der Waals surface area contributed by atoms with Crippen molar-refractivity contribution in [2.45, 2.75) is 19.0 Å². The molecule has 2 heterocycles. The Morgan fingerprint density at radius 2 is 2.39 bits per heavy atom. The van der Waals surface area contributed by atoms with Crippen molar-refractivity contribution in [3.63, 3.8) is 0 Å². The number of carbonyl (C=O) groups is 1. The zero-order valence-corrected chi connectivity index (χ0v) is 10.5. The number of hydrogen-bond donors (Lipinski definition) is 1. The van der Waals surface area contributed by atoms with Gasteiger partial charge in [-0.1, -0.05) is 5.16 Å². The van der Waals surface area contributed by atoms with Crippen LogP contribution in [0.15, 0.2) is 17.0 Å². The van der Waals surface area contributed by atoms with Gasteiger partial charge in [0.05, 0.1) is 24.1 Å². The highest BCUT2D eigenvalue weighted by atomic mass is 32.2. The smallest absolute Gasteiger partial charge is 0.304 e. The molecule has 1 N–H and O–H groups in total. The number of carboxylic acid groups (broad SMARTS) is 1. The van der Waals surface area contributed by atoms with E-state index in [1.54, 1.807) is 6.20 Å². The van der Waals surface area contributed by atoms with Crippen molar-refractivity contribution in [2.75, 3.05) is 18.1 Å². The first-order valence-corrected chi connectivity index (χ1v) is 7.33. The molecule has 0 spiro atoms. The van der Waals surface area contributed by atoms with E-state index >= 15 is 0 Å². The Morgan fingerprint density at radius 1 is 1.61 bits per heavy atom. The van der Waals surface area contributed by atoms with Crippen LogP contribution in [-0.2, 0) is 21.2 Å². The van der Waals surface area contributed by atoms with Crippen LogP contribution in [0.25, 0.3) is 0 Å². The molecule has 0 aliphatic carbocycles. The highest BCUT2D eigenvalue weighted by Crippen LogP contribution is 2.17. The van der Waals surface area contributed by atoms with Crippen LogP contribution in [0.2, 0.25) is 0 Å². The van der Waals surface area contributed by atoms with Crippen molar-refractivity contribution < 1.29 is 22.8 Å². The summed E-state index contributed by atoms with van der Waals surface area (Å²) in [7, 11) is -3.13. The molecule has 1 unspecified atom stereocenters. The summed E-state index contributed by atoms with van der Waals surface area (Å²) >= 11 is 0. The van der Waals surface area contributed by atoms with Crippen LogP contribution in [0.1, 0.15) is 12.0 Å². The van der Waals surface area contributed by atoms with E-state index in [1.807, 2.05) is 4.90 Å². The maximum atomic E-state index is 11.5. The van der Waals surface area contributed by atoms with Crippen LogP contribution >= 0.6 is 0 Å². The largest absolute Gasteiger partial charge is 0.481 e. The first-order chi connectivity index (χ1) is 8.46. The highest BCUT2D eigenvalue weighted by Gasteiger charge is 2.32. The van der Waals surface area contributed by atoms with Gasteiger partial charge in [0.15, 0.2) is 9.84 Å². The molecule has 2 rings (SSSR count). The van der Waals surface area contributed by atoms with E-state index < -0.39 is 21.8 Å². The summed E-state index contributed by atoms with van der Waals surface area (Å²) < 4.78 is 27.8. The second-order valence-corrected chi connectivity index (χ2v) is 6.60. The normalized spacial score (nSPS) is 23.9. The van der Waals surface area contributed by atoms with E-state index in [-0.39, 0.29) is 17.9 Å². The Labute approximate surface area is 104 Å². The fourth-order valence-corrected chi connectivity index (χ4v) is 3.65. The predicted molar refractivity (Wildman–Crippen MR) is 61.6 cm³/mol. The number of carboxylic acids is 1. The molecule has 8 heteroatoms. The maximum absolute atomic E-state index is 11.5. The third-order valence-electron chi connectivity index (χ3n) is 2.93. The number of hydrogen-bond acceptors (Lipinski definition) is 6. The molecule has 1 aliphatic rings. The molecule has 0 amide bonds. The van der Waals surface area contributed by atoms with Gasteiger partial charge in [0.25, 0.3) is 0 Å². The van der Waals surface area contributed by atoms with Gasteiger partial charge in [-0.2, -0.15) is 0 Å². The Bertz CT molecular complexity index is 510. The molecule has 1 aliphatic heterocycles. The molecule has 0 bridgehead atoms. The summed E-state index contributed by atoms with van der Waals surface area (Å²) in [6, 6.07) is -0.490. The zero-order valence-electron chi connectivity index (χ0n) is 9.65. The molecule has 100 valence electrons. The molecule has 0 saturated carbocycles. The lowest BCUT2D eigenvalue weighted by molar-refractivity contribution is -0.138. The molecule has 7 nitrogen and oxygen atoms in total. The van der Waals surface area contributed by atoms with Crippen molar-refractivity contribution in [1.82, 2.24) is 10.1 Å². The lowest BCUT2D eigenvalue weighted by Gasteiger charge is -2.34. The topological polar surface area (TPSA) is 101 Å². The molecular formula is C10H14N2O5S. The molecule has 1 aromatic heterocycles. The highest BCUT2D eigenvalue weighted by molar-refractivity contribution is 7.91. The van der Waals surface area contributed by atoms with Crippen molar-refractivity contribution in [3.05, 3.63) is 18.0 Å². The standard InChI is InChI=1S/C10H14N2O5S/c13-10(14)3-9-7-18(15,16)2-1-12(9)5-8-4-11-17-6-8/h4,6,9H,1-3,5,7H2,(H,13,14). The Morgan fingerprint density at radius 3 is 3.00 bits per heavy atom. The Hall–Kier alpha value is -1.41. The van der Waals surface area contributed by atoms with Gasteiger partial charge in [0, 0.05) is 24.7 Å². The molecule has 0 aromatic carbocycles. The van der Waals surface area contributed by atoms with Crippen LogP contribution in [0, 0.1) is 0 Å². The van der Waals surface area contributed by atoms with Gasteiger partial charge in [-0.05, 0) is 0 Å². The number of aromatic nitrogens is 1. The molecule has 1 saturated heterocycles. The first kappa shape index (κ1) is 13.0. The van der Waals surface area contributed by atoms with Crippen LogP contribution in [-0.4, -0.2) is 53.6 Å². The fraction of sp³-hybridized carbons (Fsp3) is 0.600. The summed E-state index contributed by atoms with van der Waals surface area (Å²) in [6.45, 7) is 0.794. The second kappa shape index (κ2) is 5.07.